The first kappa shape index (κ1) is 16.5. The summed E-state index contributed by atoms with van der Waals surface area (Å²) in [5.74, 6) is 0.598. The minimum Gasteiger partial charge on any atom is -0.344 e. The van der Waals surface area contributed by atoms with Crippen LogP contribution in [0.5, 0.6) is 0 Å². The fourth-order valence-electron chi connectivity index (χ4n) is 3.98. The number of rotatable bonds is 1. The quantitative estimate of drug-likeness (QED) is 0.738. The molecule has 0 atom stereocenters. The molecule has 3 aliphatic rings. The summed E-state index contributed by atoms with van der Waals surface area (Å²) in [4.78, 5) is 27.5. The Labute approximate surface area is 137 Å². The molecule has 1 saturated carbocycles. The highest BCUT2D eigenvalue weighted by Crippen LogP contribution is 2.45. The van der Waals surface area contributed by atoms with Gasteiger partial charge in [0.05, 0.1) is 11.5 Å². The normalized spacial score (nSPS) is 27.4. The Hall–Kier alpha value is -1.31. The van der Waals surface area contributed by atoms with Crippen molar-refractivity contribution >= 4 is 21.8 Å². The maximum Gasteiger partial charge on any atom is 0.318 e. The Morgan fingerprint density at radius 3 is 2.48 bits per heavy atom. The highest BCUT2D eigenvalue weighted by molar-refractivity contribution is 7.92. The topological polar surface area (TPSA) is 86.8 Å². The van der Waals surface area contributed by atoms with Gasteiger partial charge in [0, 0.05) is 26.2 Å². The Balaban J connectivity index is 1.49. The first-order chi connectivity index (χ1) is 10.8. The molecule has 2 aliphatic heterocycles. The number of amides is 3. The van der Waals surface area contributed by atoms with Crippen molar-refractivity contribution in [3.05, 3.63) is 0 Å². The van der Waals surface area contributed by atoms with Crippen LogP contribution in [-0.4, -0.2) is 74.4 Å². The fraction of sp³-hybridized carbons (Fsp3) is 0.867. The van der Waals surface area contributed by atoms with Crippen molar-refractivity contribution in [2.24, 2.45) is 5.41 Å². The number of carbonyl (C=O) groups excluding carboxylic acids is 2. The lowest BCUT2D eigenvalue weighted by Gasteiger charge is -2.46. The summed E-state index contributed by atoms with van der Waals surface area (Å²) in [5.41, 5.74) is -0.0264. The molecule has 23 heavy (non-hydrogen) atoms. The molecular weight excluding hydrogens is 318 g/mol. The molecule has 0 radical (unpaired) electrons. The van der Waals surface area contributed by atoms with Gasteiger partial charge in [-0.15, -0.1) is 0 Å². The van der Waals surface area contributed by atoms with Crippen molar-refractivity contribution < 1.29 is 18.0 Å². The molecule has 3 fully saturated rings. The third-order valence-electron chi connectivity index (χ3n) is 5.39. The van der Waals surface area contributed by atoms with Crippen LogP contribution in [0.15, 0.2) is 0 Å². The van der Waals surface area contributed by atoms with Crippen molar-refractivity contribution in [1.82, 2.24) is 15.1 Å². The smallest absolute Gasteiger partial charge is 0.318 e. The van der Waals surface area contributed by atoms with Gasteiger partial charge < -0.3 is 15.1 Å². The summed E-state index contributed by atoms with van der Waals surface area (Å²) in [6.07, 6.45) is 4.16. The maximum atomic E-state index is 12.4. The standard InChI is InChI=1S/C15H25N3O4S/c1-17-7-2-8-18(9-13(17)19)14(20)16-12-3-5-15(6-4-12)10-23(21,22)11-15/h12H,2-11H2,1H3,(H,16,20). The van der Waals surface area contributed by atoms with Crippen molar-refractivity contribution in [2.75, 3.05) is 38.2 Å². The van der Waals surface area contributed by atoms with Crippen LogP contribution in [0.4, 0.5) is 4.79 Å². The lowest BCUT2D eigenvalue weighted by molar-refractivity contribution is -0.129. The van der Waals surface area contributed by atoms with Crippen LogP contribution in [0.3, 0.4) is 0 Å². The number of carbonyl (C=O) groups is 2. The largest absolute Gasteiger partial charge is 0.344 e. The second-order valence-corrected chi connectivity index (χ2v) is 9.41. The van der Waals surface area contributed by atoms with E-state index in [1.54, 1.807) is 16.8 Å². The number of hydrogen-bond acceptors (Lipinski definition) is 4. The first-order valence-electron chi connectivity index (χ1n) is 8.28. The van der Waals surface area contributed by atoms with E-state index >= 15 is 0 Å². The van der Waals surface area contributed by atoms with E-state index in [9.17, 15) is 18.0 Å². The minimum absolute atomic E-state index is 0.0264. The van der Waals surface area contributed by atoms with Gasteiger partial charge in [-0.2, -0.15) is 0 Å². The van der Waals surface area contributed by atoms with Crippen LogP contribution < -0.4 is 5.32 Å². The zero-order valence-corrected chi connectivity index (χ0v) is 14.4. The van der Waals surface area contributed by atoms with Crippen molar-refractivity contribution in [3.8, 4) is 0 Å². The number of likely N-dealkylation sites (N-methyl/N-ethyl adjacent to an activating group) is 1. The van der Waals surface area contributed by atoms with E-state index in [0.717, 1.165) is 32.1 Å². The van der Waals surface area contributed by atoms with E-state index in [-0.39, 0.29) is 29.9 Å². The Kier molecular flexibility index (Phi) is 4.29. The second-order valence-electron chi connectivity index (χ2n) is 7.35. The molecule has 0 aromatic carbocycles. The van der Waals surface area contributed by atoms with Gasteiger partial charge in [-0.3, -0.25) is 4.79 Å². The Bertz CT molecular complexity index is 582. The van der Waals surface area contributed by atoms with Crippen LogP contribution in [0.1, 0.15) is 32.1 Å². The zero-order valence-electron chi connectivity index (χ0n) is 13.6. The SMILES string of the molecule is CN1CCCN(C(=O)NC2CCC3(CC2)CS(=O)(=O)C3)CC1=O. The zero-order chi connectivity index (χ0) is 16.7. The number of sulfone groups is 1. The van der Waals surface area contributed by atoms with Gasteiger partial charge in [0.15, 0.2) is 9.84 Å². The molecule has 8 heteroatoms. The van der Waals surface area contributed by atoms with E-state index in [2.05, 4.69) is 5.32 Å². The lowest BCUT2D eigenvalue weighted by atomic mass is 9.74. The lowest BCUT2D eigenvalue weighted by Crippen LogP contribution is -2.54. The molecule has 7 nitrogen and oxygen atoms in total. The summed E-state index contributed by atoms with van der Waals surface area (Å²) in [6, 6.07) is -0.0802. The third-order valence-corrected chi connectivity index (χ3v) is 7.49. The first-order valence-corrected chi connectivity index (χ1v) is 10.1. The van der Waals surface area contributed by atoms with Gasteiger partial charge in [-0.1, -0.05) is 0 Å². The van der Waals surface area contributed by atoms with Crippen LogP contribution in [0, 0.1) is 5.41 Å². The van der Waals surface area contributed by atoms with E-state index in [4.69, 9.17) is 0 Å². The molecule has 3 rings (SSSR count). The van der Waals surface area contributed by atoms with Crippen molar-refractivity contribution in [3.63, 3.8) is 0 Å². The van der Waals surface area contributed by atoms with E-state index in [0.29, 0.717) is 24.6 Å². The molecule has 0 bridgehead atoms. The molecule has 0 unspecified atom stereocenters. The number of hydrogen-bond donors (Lipinski definition) is 1. The van der Waals surface area contributed by atoms with Gasteiger partial charge in [0.25, 0.3) is 0 Å². The second kappa shape index (κ2) is 5.96. The summed E-state index contributed by atoms with van der Waals surface area (Å²) in [6.45, 7) is 1.41. The molecule has 1 N–H and O–H groups in total. The van der Waals surface area contributed by atoms with Gasteiger partial charge in [0.2, 0.25) is 5.91 Å². The van der Waals surface area contributed by atoms with Crippen LogP contribution in [0.2, 0.25) is 0 Å². The molecule has 2 heterocycles. The molecule has 1 spiro atoms. The summed E-state index contributed by atoms with van der Waals surface area (Å²) >= 11 is 0. The van der Waals surface area contributed by atoms with Gasteiger partial charge >= 0.3 is 6.03 Å². The molecular formula is C15H25N3O4S. The molecule has 3 amide bonds. The Morgan fingerprint density at radius 1 is 1.22 bits per heavy atom. The minimum atomic E-state index is -2.80. The highest BCUT2D eigenvalue weighted by Gasteiger charge is 2.49. The molecule has 0 aromatic heterocycles. The van der Waals surface area contributed by atoms with Crippen LogP contribution in [0.25, 0.3) is 0 Å². The van der Waals surface area contributed by atoms with Crippen LogP contribution >= 0.6 is 0 Å². The Morgan fingerprint density at radius 2 is 1.87 bits per heavy atom. The van der Waals surface area contributed by atoms with E-state index < -0.39 is 9.84 Å². The van der Waals surface area contributed by atoms with E-state index in [1.165, 1.54) is 0 Å². The van der Waals surface area contributed by atoms with Crippen LogP contribution in [-0.2, 0) is 14.6 Å². The average molecular weight is 343 g/mol. The monoisotopic (exact) mass is 343 g/mol. The number of urea groups is 1. The third kappa shape index (κ3) is 3.62. The molecule has 130 valence electrons. The average Bonchev–Trinajstić information content (AvgIpc) is 2.62. The predicted octanol–water partition coefficient (Wildman–Crippen LogP) is 0.218. The summed E-state index contributed by atoms with van der Waals surface area (Å²) in [5, 5.41) is 3.03. The molecule has 1 aliphatic carbocycles. The molecule has 2 saturated heterocycles. The summed E-state index contributed by atoms with van der Waals surface area (Å²) < 4.78 is 22.8. The summed E-state index contributed by atoms with van der Waals surface area (Å²) in [7, 11) is -1.04. The fourth-order valence-corrected chi connectivity index (χ4v) is 6.34. The van der Waals surface area contributed by atoms with E-state index in [1.807, 2.05) is 0 Å². The van der Waals surface area contributed by atoms with Crippen molar-refractivity contribution in [2.45, 2.75) is 38.1 Å². The van der Waals surface area contributed by atoms with Gasteiger partial charge in [-0.25, -0.2) is 13.2 Å². The predicted molar refractivity (Wildman–Crippen MR) is 85.7 cm³/mol. The molecule has 0 aromatic rings. The number of nitrogens with zero attached hydrogens (tertiary/aromatic N) is 2. The van der Waals surface area contributed by atoms with Crippen molar-refractivity contribution in [1.29, 1.82) is 0 Å². The van der Waals surface area contributed by atoms with Gasteiger partial charge in [0.1, 0.15) is 6.54 Å². The number of nitrogens with one attached hydrogen (secondary N) is 1. The van der Waals surface area contributed by atoms with Gasteiger partial charge in [-0.05, 0) is 37.5 Å². The maximum absolute atomic E-state index is 12.4. The highest BCUT2D eigenvalue weighted by atomic mass is 32.2.